The first kappa shape index (κ1) is 17.2. The molecule has 2 N–H and O–H groups in total. The largest absolute Gasteiger partial charge is 0.480 e. The van der Waals surface area contributed by atoms with Crippen molar-refractivity contribution in [3.05, 3.63) is 29.3 Å². The molecule has 1 atom stereocenters. The molecule has 0 bridgehead atoms. The van der Waals surface area contributed by atoms with Gasteiger partial charge in [0.2, 0.25) is 0 Å². The number of hydrogen-bond acceptors (Lipinski definition) is 4. The molecule has 1 aromatic carbocycles. The van der Waals surface area contributed by atoms with E-state index in [0.717, 1.165) is 18.2 Å². The van der Waals surface area contributed by atoms with Gasteiger partial charge in [0.15, 0.2) is 6.10 Å². The molecule has 0 aromatic heterocycles. The van der Waals surface area contributed by atoms with Crippen molar-refractivity contribution in [3.8, 4) is 5.75 Å². The predicted octanol–water partition coefficient (Wildman–Crippen LogP) is 2.10. The first-order valence-electron chi connectivity index (χ1n) is 5.45. The molecule has 1 aromatic rings. The van der Waals surface area contributed by atoms with Crippen LogP contribution in [-0.4, -0.2) is 36.3 Å². The maximum Gasteiger partial charge on any atom is 0.425 e. The Morgan fingerprint density at radius 1 is 1.38 bits per heavy atom. The highest BCUT2D eigenvalue weighted by molar-refractivity contribution is 7.85. The van der Waals surface area contributed by atoms with E-state index in [1.165, 1.54) is 0 Å². The summed E-state index contributed by atoms with van der Waals surface area (Å²) in [5, 5.41) is 8.93. The highest BCUT2D eigenvalue weighted by Gasteiger charge is 2.39. The van der Waals surface area contributed by atoms with Gasteiger partial charge >= 0.3 is 12.1 Å². The molecule has 0 unspecified atom stereocenters. The van der Waals surface area contributed by atoms with E-state index in [9.17, 15) is 26.4 Å². The van der Waals surface area contributed by atoms with Crippen molar-refractivity contribution in [2.75, 3.05) is 0 Å². The molecule has 0 saturated carbocycles. The van der Waals surface area contributed by atoms with Gasteiger partial charge in [-0.25, -0.2) is 4.79 Å². The minimum absolute atomic E-state index is 0.381. The Kier molecular flexibility index (Phi) is 4.84. The summed E-state index contributed by atoms with van der Waals surface area (Å²) in [6.07, 6.45) is -7.11. The highest BCUT2D eigenvalue weighted by Crippen LogP contribution is 2.31. The van der Waals surface area contributed by atoms with Gasteiger partial charge in [-0.05, 0) is 13.0 Å². The van der Waals surface area contributed by atoms with Crippen molar-refractivity contribution in [1.82, 2.24) is 0 Å². The van der Waals surface area contributed by atoms with Gasteiger partial charge in [0.05, 0.1) is 0 Å². The molecule has 0 aliphatic carbocycles. The van der Waals surface area contributed by atoms with E-state index >= 15 is 0 Å². The summed E-state index contributed by atoms with van der Waals surface area (Å²) in [5.41, 5.74) is -1.01. The summed E-state index contributed by atoms with van der Waals surface area (Å²) in [4.78, 5) is 11.0. The van der Waals surface area contributed by atoms with Crippen LogP contribution < -0.4 is 4.74 Å². The smallest absolute Gasteiger partial charge is 0.425 e. The Balaban J connectivity index is 3.33. The van der Waals surface area contributed by atoms with Crippen molar-refractivity contribution in [3.63, 3.8) is 0 Å². The fraction of sp³-hybridized carbons (Fsp3) is 0.364. The fourth-order valence-corrected chi connectivity index (χ4v) is 2.07. The third kappa shape index (κ3) is 4.90. The molecule has 0 spiro atoms. The third-order valence-corrected chi connectivity index (χ3v) is 3.10. The molecule has 0 fully saturated rings. The summed E-state index contributed by atoms with van der Waals surface area (Å²) in [5.74, 6) is -3.39. The molecular weight excluding hydrogens is 317 g/mol. The average molecular weight is 328 g/mol. The van der Waals surface area contributed by atoms with E-state index in [1.54, 1.807) is 0 Å². The molecule has 0 aliphatic heterocycles. The van der Waals surface area contributed by atoms with Gasteiger partial charge in [-0.3, -0.25) is 4.55 Å². The molecule has 21 heavy (non-hydrogen) atoms. The average Bonchev–Trinajstić information content (AvgIpc) is 2.27. The van der Waals surface area contributed by atoms with Gasteiger partial charge in [0.1, 0.15) is 17.1 Å². The second kappa shape index (κ2) is 5.90. The molecule has 1 rings (SSSR count). The first-order chi connectivity index (χ1) is 9.42. The number of carboxylic acid groups (broad SMARTS) is 1. The van der Waals surface area contributed by atoms with Crippen LogP contribution in [0.15, 0.2) is 18.2 Å². The van der Waals surface area contributed by atoms with Crippen molar-refractivity contribution in [2.24, 2.45) is 0 Å². The Morgan fingerprint density at radius 3 is 2.38 bits per heavy atom. The lowest BCUT2D eigenvalue weighted by atomic mass is 10.1. The van der Waals surface area contributed by atoms with Crippen LogP contribution in [0.2, 0.25) is 0 Å². The van der Waals surface area contributed by atoms with Gasteiger partial charge in [-0.15, -0.1) is 0 Å². The van der Waals surface area contributed by atoms with E-state index in [-0.39, 0.29) is 5.56 Å². The van der Waals surface area contributed by atoms with Crippen molar-refractivity contribution < 1.29 is 40.8 Å². The van der Waals surface area contributed by atoms with Crippen molar-refractivity contribution in [1.29, 1.82) is 0 Å². The first-order valence-corrected chi connectivity index (χ1v) is 7.06. The van der Waals surface area contributed by atoms with Crippen LogP contribution in [0.4, 0.5) is 13.2 Å². The standard InChI is InChI=1S/C11H11F3O6S/c1-6(11(12,13)14)20-9-7(5-21(17,18)19)3-2-4-8(9)10(15)16/h2-4,6H,5H2,1H3,(H,15,16)(H,17,18,19)/t6-/m0/s1. The van der Waals surface area contributed by atoms with Gasteiger partial charge in [0, 0.05) is 5.56 Å². The zero-order valence-corrected chi connectivity index (χ0v) is 11.4. The van der Waals surface area contributed by atoms with E-state index in [0.29, 0.717) is 6.92 Å². The van der Waals surface area contributed by atoms with Crippen molar-refractivity contribution in [2.45, 2.75) is 25.0 Å². The highest BCUT2D eigenvalue weighted by atomic mass is 32.2. The Hall–Kier alpha value is -1.81. The third-order valence-electron chi connectivity index (χ3n) is 2.42. The second-order valence-electron chi connectivity index (χ2n) is 4.13. The number of aromatic carboxylic acids is 1. The molecule has 10 heteroatoms. The summed E-state index contributed by atoms with van der Waals surface area (Å²) in [6.45, 7) is 0.649. The summed E-state index contributed by atoms with van der Waals surface area (Å²) in [6, 6.07) is 3.15. The van der Waals surface area contributed by atoms with Crippen LogP contribution in [0.1, 0.15) is 22.8 Å². The number of rotatable bonds is 5. The number of ether oxygens (including phenoxy) is 1. The molecule has 118 valence electrons. The molecule has 0 radical (unpaired) electrons. The lowest BCUT2D eigenvalue weighted by Gasteiger charge is -2.20. The van der Waals surface area contributed by atoms with Gasteiger partial charge < -0.3 is 9.84 Å². The number of carbonyl (C=O) groups is 1. The number of benzene rings is 1. The fourth-order valence-electron chi connectivity index (χ4n) is 1.45. The van der Waals surface area contributed by atoms with Crippen LogP contribution in [0.3, 0.4) is 0 Å². The van der Waals surface area contributed by atoms with E-state index < -0.39 is 45.4 Å². The Morgan fingerprint density at radius 2 is 1.95 bits per heavy atom. The number of hydrogen-bond donors (Lipinski definition) is 2. The van der Waals surface area contributed by atoms with Gasteiger partial charge in [0.25, 0.3) is 10.1 Å². The minimum Gasteiger partial charge on any atom is -0.480 e. The lowest BCUT2D eigenvalue weighted by Crippen LogP contribution is -2.32. The lowest BCUT2D eigenvalue weighted by molar-refractivity contribution is -0.189. The van der Waals surface area contributed by atoms with Crippen LogP contribution in [0, 0.1) is 0 Å². The zero-order chi connectivity index (χ0) is 16.4. The summed E-state index contributed by atoms with van der Waals surface area (Å²) >= 11 is 0. The number of para-hydroxylation sites is 1. The van der Waals surface area contributed by atoms with Crippen LogP contribution in [0.5, 0.6) is 5.75 Å². The molecule has 6 nitrogen and oxygen atoms in total. The summed E-state index contributed by atoms with van der Waals surface area (Å²) < 4.78 is 72.5. The van der Waals surface area contributed by atoms with E-state index in [2.05, 4.69) is 4.74 Å². The van der Waals surface area contributed by atoms with Crippen LogP contribution in [-0.2, 0) is 15.9 Å². The normalized spacial score (nSPS) is 13.8. The second-order valence-corrected chi connectivity index (χ2v) is 5.58. The molecule has 0 amide bonds. The van der Waals surface area contributed by atoms with Crippen molar-refractivity contribution >= 4 is 16.1 Å². The SMILES string of the molecule is C[C@H](Oc1c(CS(=O)(=O)O)cccc1C(=O)O)C(F)(F)F. The maximum atomic E-state index is 12.5. The quantitative estimate of drug-likeness (QED) is 0.803. The van der Waals surface area contributed by atoms with Gasteiger partial charge in [-0.1, -0.05) is 12.1 Å². The zero-order valence-electron chi connectivity index (χ0n) is 10.6. The number of halogens is 3. The number of carboxylic acids is 1. The molecule has 0 aliphatic rings. The maximum absolute atomic E-state index is 12.5. The van der Waals surface area contributed by atoms with E-state index in [4.69, 9.17) is 9.66 Å². The van der Waals surface area contributed by atoms with Crippen LogP contribution >= 0.6 is 0 Å². The van der Waals surface area contributed by atoms with E-state index in [1.807, 2.05) is 0 Å². The topological polar surface area (TPSA) is 101 Å². The molecular formula is C11H11F3O6S. The molecule has 0 heterocycles. The monoisotopic (exact) mass is 328 g/mol. The molecule has 0 saturated heterocycles. The Labute approximate surface area is 117 Å². The predicted molar refractivity (Wildman–Crippen MR) is 64.8 cm³/mol. The Bertz CT molecular complexity index is 638. The van der Waals surface area contributed by atoms with Crippen LogP contribution in [0.25, 0.3) is 0 Å². The summed E-state index contributed by atoms with van der Waals surface area (Å²) in [7, 11) is -4.57. The minimum atomic E-state index is -4.76. The number of alkyl halides is 3. The van der Waals surface area contributed by atoms with Gasteiger partial charge in [-0.2, -0.15) is 21.6 Å².